The van der Waals surface area contributed by atoms with E-state index in [0.29, 0.717) is 24.9 Å². The van der Waals surface area contributed by atoms with Gasteiger partial charge in [0.25, 0.3) is 0 Å². The van der Waals surface area contributed by atoms with Crippen molar-refractivity contribution in [2.45, 2.75) is 45.2 Å². The van der Waals surface area contributed by atoms with E-state index in [2.05, 4.69) is 22.8 Å². The van der Waals surface area contributed by atoms with Crippen LogP contribution in [0.25, 0.3) is 0 Å². The van der Waals surface area contributed by atoms with Crippen LogP contribution in [0.4, 0.5) is 0 Å². The minimum absolute atomic E-state index is 0.302. The van der Waals surface area contributed by atoms with Crippen molar-refractivity contribution in [2.24, 2.45) is 0 Å². The van der Waals surface area contributed by atoms with Gasteiger partial charge in [0, 0.05) is 30.6 Å². The second kappa shape index (κ2) is 7.54. The molecule has 0 atom stereocenters. The average molecular weight is 316 g/mol. The molecule has 1 fully saturated rings. The van der Waals surface area contributed by atoms with E-state index in [1.807, 2.05) is 6.92 Å². The SMILES string of the molecule is CCCCS(=O)(=O)N1CCC(NCc2cccs2)CC1. The molecule has 0 bridgehead atoms. The van der Waals surface area contributed by atoms with Crippen molar-refractivity contribution >= 4 is 21.4 Å². The zero-order valence-electron chi connectivity index (χ0n) is 12.0. The predicted molar refractivity (Wildman–Crippen MR) is 84.4 cm³/mol. The summed E-state index contributed by atoms with van der Waals surface area (Å²) in [6.45, 7) is 4.24. The van der Waals surface area contributed by atoms with Gasteiger partial charge >= 0.3 is 0 Å². The van der Waals surface area contributed by atoms with E-state index in [9.17, 15) is 8.42 Å². The first-order valence-electron chi connectivity index (χ1n) is 7.35. The first kappa shape index (κ1) is 15.9. The number of hydrogen-bond donors (Lipinski definition) is 1. The van der Waals surface area contributed by atoms with E-state index in [1.54, 1.807) is 15.6 Å². The van der Waals surface area contributed by atoms with Crippen LogP contribution in [0.5, 0.6) is 0 Å². The molecule has 1 aromatic rings. The number of thiophene rings is 1. The Kier molecular flexibility index (Phi) is 6.01. The Morgan fingerprint density at radius 3 is 2.75 bits per heavy atom. The third-order valence-electron chi connectivity index (χ3n) is 3.75. The van der Waals surface area contributed by atoms with Gasteiger partial charge in [0.2, 0.25) is 10.0 Å². The summed E-state index contributed by atoms with van der Waals surface area (Å²) in [4.78, 5) is 1.34. The van der Waals surface area contributed by atoms with E-state index < -0.39 is 10.0 Å². The lowest BCUT2D eigenvalue weighted by Crippen LogP contribution is -2.45. The summed E-state index contributed by atoms with van der Waals surface area (Å²) < 4.78 is 25.9. The van der Waals surface area contributed by atoms with Gasteiger partial charge in [0.1, 0.15) is 0 Å². The molecule has 0 aromatic carbocycles. The molecule has 114 valence electrons. The zero-order valence-corrected chi connectivity index (χ0v) is 13.7. The third-order valence-corrected chi connectivity index (χ3v) is 6.58. The second-order valence-corrected chi connectivity index (χ2v) is 8.42. The van der Waals surface area contributed by atoms with Gasteiger partial charge in [-0.2, -0.15) is 0 Å². The summed E-state index contributed by atoms with van der Waals surface area (Å²) in [5.41, 5.74) is 0. The summed E-state index contributed by atoms with van der Waals surface area (Å²) in [5.74, 6) is 0.302. The Bertz CT molecular complexity index is 477. The fraction of sp³-hybridized carbons (Fsp3) is 0.714. The molecule has 2 heterocycles. The summed E-state index contributed by atoms with van der Waals surface area (Å²) >= 11 is 1.76. The number of piperidine rings is 1. The minimum Gasteiger partial charge on any atom is -0.309 e. The maximum Gasteiger partial charge on any atom is 0.214 e. The van der Waals surface area contributed by atoms with Gasteiger partial charge in [0.15, 0.2) is 0 Å². The maximum absolute atomic E-state index is 12.1. The van der Waals surface area contributed by atoms with Crippen LogP contribution in [0.15, 0.2) is 17.5 Å². The molecule has 2 rings (SSSR count). The zero-order chi connectivity index (χ0) is 14.4. The number of hydrogen-bond acceptors (Lipinski definition) is 4. The van der Waals surface area contributed by atoms with Crippen molar-refractivity contribution in [1.29, 1.82) is 0 Å². The molecule has 1 aliphatic heterocycles. The fourth-order valence-electron chi connectivity index (χ4n) is 2.45. The van der Waals surface area contributed by atoms with Gasteiger partial charge in [0.05, 0.1) is 5.75 Å². The van der Waals surface area contributed by atoms with Gasteiger partial charge in [-0.15, -0.1) is 11.3 Å². The summed E-state index contributed by atoms with van der Waals surface area (Å²) in [6, 6.07) is 4.63. The van der Waals surface area contributed by atoms with E-state index >= 15 is 0 Å². The van der Waals surface area contributed by atoms with Crippen LogP contribution in [0, 0.1) is 0 Å². The minimum atomic E-state index is -3.02. The lowest BCUT2D eigenvalue weighted by atomic mass is 10.1. The Hall–Kier alpha value is -0.430. The van der Waals surface area contributed by atoms with Crippen LogP contribution >= 0.6 is 11.3 Å². The largest absolute Gasteiger partial charge is 0.309 e. The van der Waals surface area contributed by atoms with Gasteiger partial charge in [-0.05, 0) is 30.7 Å². The molecular formula is C14H24N2O2S2. The van der Waals surface area contributed by atoms with E-state index in [4.69, 9.17) is 0 Å². The highest BCUT2D eigenvalue weighted by Gasteiger charge is 2.27. The molecule has 0 unspecified atom stereocenters. The first-order chi connectivity index (χ1) is 9.62. The molecule has 1 aromatic heterocycles. The predicted octanol–water partition coefficient (Wildman–Crippen LogP) is 2.43. The fourth-order valence-corrected chi connectivity index (χ4v) is 4.79. The van der Waals surface area contributed by atoms with Gasteiger partial charge in [-0.3, -0.25) is 0 Å². The molecule has 0 saturated carbocycles. The standard InChI is InChI=1S/C14H24N2O2S2/c1-2-3-11-20(17,18)16-8-6-13(7-9-16)15-12-14-5-4-10-19-14/h4-5,10,13,15H,2-3,6-9,11-12H2,1H3. The number of nitrogens with one attached hydrogen (secondary N) is 1. The van der Waals surface area contributed by atoms with Crippen molar-refractivity contribution in [3.05, 3.63) is 22.4 Å². The van der Waals surface area contributed by atoms with E-state index in [0.717, 1.165) is 32.2 Å². The Morgan fingerprint density at radius 2 is 2.15 bits per heavy atom. The van der Waals surface area contributed by atoms with Gasteiger partial charge in [-0.25, -0.2) is 12.7 Å². The molecule has 0 amide bonds. The smallest absolute Gasteiger partial charge is 0.214 e. The highest BCUT2D eigenvalue weighted by molar-refractivity contribution is 7.89. The van der Waals surface area contributed by atoms with Crippen LogP contribution in [-0.4, -0.2) is 37.6 Å². The Morgan fingerprint density at radius 1 is 1.40 bits per heavy atom. The van der Waals surface area contributed by atoms with Gasteiger partial charge in [-0.1, -0.05) is 19.4 Å². The van der Waals surface area contributed by atoms with Crippen LogP contribution in [0.3, 0.4) is 0 Å². The van der Waals surface area contributed by atoms with E-state index in [1.165, 1.54) is 4.88 Å². The normalized spacial score (nSPS) is 18.4. The quantitative estimate of drug-likeness (QED) is 0.840. The summed E-state index contributed by atoms with van der Waals surface area (Å²) in [5, 5.41) is 5.61. The molecule has 4 nitrogen and oxygen atoms in total. The van der Waals surface area contributed by atoms with Gasteiger partial charge < -0.3 is 5.32 Å². The van der Waals surface area contributed by atoms with Crippen LogP contribution in [0.1, 0.15) is 37.5 Å². The maximum atomic E-state index is 12.1. The monoisotopic (exact) mass is 316 g/mol. The highest BCUT2D eigenvalue weighted by Crippen LogP contribution is 2.16. The third kappa shape index (κ3) is 4.55. The molecule has 1 aliphatic rings. The molecule has 0 radical (unpaired) electrons. The summed E-state index contributed by atoms with van der Waals surface area (Å²) in [6.07, 6.45) is 3.52. The molecule has 0 aliphatic carbocycles. The van der Waals surface area contributed by atoms with Crippen molar-refractivity contribution in [3.8, 4) is 0 Å². The molecule has 1 saturated heterocycles. The van der Waals surface area contributed by atoms with Crippen molar-refractivity contribution < 1.29 is 8.42 Å². The number of sulfonamides is 1. The molecular weight excluding hydrogens is 292 g/mol. The van der Waals surface area contributed by atoms with Crippen molar-refractivity contribution in [2.75, 3.05) is 18.8 Å². The average Bonchev–Trinajstić information content (AvgIpc) is 2.97. The molecule has 20 heavy (non-hydrogen) atoms. The second-order valence-electron chi connectivity index (χ2n) is 5.30. The first-order valence-corrected chi connectivity index (χ1v) is 9.84. The lowest BCUT2D eigenvalue weighted by molar-refractivity contribution is 0.289. The van der Waals surface area contributed by atoms with Crippen LogP contribution in [0.2, 0.25) is 0 Å². The topological polar surface area (TPSA) is 49.4 Å². The highest BCUT2D eigenvalue weighted by atomic mass is 32.2. The lowest BCUT2D eigenvalue weighted by Gasteiger charge is -2.31. The van der Waals surface area contributed by atoms with Crippen molar-refractivity contribution in [3.63, 3.8) is 0 Å². The Balaban J connectivity index is 1.74. The number of rotatable bonds is 7. The van der Waals surface area contributed by atoms with Crippen molar-refractivity contribution in [1.82, 2.24) is 9.62 Å². The molecule has 0 spiro atoms. The number of nitrogens with zero attached hydrogens (tertiary/aromatic N) is 1. The molecule has 1 N–H and O–H groups in total. The Labute approximate surface area is 126 Å². The van der Waals surface area contributed by atoms with E-state index in [-0.39, 0.29) is 0 Å². The van der Waals surface area contributed by atoms with Crippen LogP contribution in [-0.2, 0) is 16.6 Å². The number of unbranched alkanes of at least 4 members (excludes halogenated alkanes) is 1. The molecule has 6 heteroatoms. The van der Waals surface area contributed by atoms with Crippen LogP contribution < -0.4 is 5.32 Å². The summed E-state index contributed by atoms with van der Waals surface area (Å²) in [7, 11) is -3.02.